The highest BCUT2D eigenvalue weighted by atomic mass is 32.1. The summed E-state index contributed by atoms with van der Waals surface area (Å²) in [5, 5.41) is 0. The predicted molar refractivity (Wildman–Crippen MR) is 46.4 cm³/mol. The summed E-state index contributed by atoms with van der Waals surface area (Å²) >= 11 is 1.54. The third-order valence-corrected chi connectivity index (χ3v) is 2.06. The fraction of sp³-hybridized carbons (Fsp3) is 0.250. The zero-order valence-corrected chi connectivity index (χ0v) is 7.10. The van der Waals surface area contributed by atoms with Gasteiger partial charge in [0.25, 0.3) is 0 Å². The number of thiazole rings is 1. The molecule has 3 heteroatoms. The first kappa shape index (κ1) is 8.14. The minimum Gasteiger partial charge on any atom is -0.298 e. The molecule has 0 fully saturated rings. The normalized spacial score (nSPS) is 11.5. The van der Waals surface area contributed by atoms with Gasteiger partial charge in [-0.15, -0.1) is 11.3 Å². The maximum atomic E-state index is 10.4. The van der Waals surface area contributed by atoms with E-state index in [9.17, 15) is 4.79 Å². The number of rotatable bonds is 3. The van der Waals surface area contributed by atoms with Gasteiger partial charge in [-0.05, 0) is 18.1 Å². The molecule has 0 aliphatic rings. The van der Waals surface area contributed by atoms with E-state index in [0.717, 1.165) is 23.2 Å². The van der Waals surface area contributed by atoms with E-state index in [-0.39, 0.29) is 0 Å². The Morgan fingerprint density at radius 1 is 1.82 bits per heavy atom. The van der Waals surface area contributed by atoms with E-state index in [1.165, 1.54) is 11.3 Å². The topological polar surface area (TPSA) is 30.0 Å². The molecule has 11 heavy (non-hydrogen) atoms. The van der Waals surface area contributed by atoms with Gasteiger partial charge in [0.15, 0.2) is 0 Å². The first-order valence-corrected chi connectivity index (χ1v) is 4.29. The summed E-state index contributed by atoms with van der Waals surface area (Å²) in [5.74, 6) is 0. The highest BCUT2D eigenvalue weighted by Gasteiger charge is 1.92. The average Bonchev–Trinajstić information content (AvgIpc) is 2.52. The Kier molecular flexibility index (Phi) is 2.98. The van der Waals surface area contributed by atoms with Crippen molar-refractivity contribution in [1.82, 2.24) is 4.98 Å². The molecule has 2 nitrogen and oxygen atoms in total. The third kappa shape index (κ3) is 2.27. The van der Waals surface area contributed by atoms with Crippen LogP contribution in [-0.2, 0) is 4.79 Å². The van der Waals surface area contributed by atoms with Gasteiger partial charge in [0.1, 0.15) is 6.29 Å². The zero-order chi connectivity index (χ0) is 8.10. The van der Waals surface area contributed by atoms with Crippen molar-refractivity contribution in [2.75, 3.05) is 0 Å². The minimum atomic E-state index is 0.779. The second-order valence-corrected chi connectivity index (χ2v) is 3.01. The lowest BCUT2D eigenvalue weighted by Crippen LogP contribution is -1.79. The van der Waals surface area contributed by atoms with Crippen LogP contribution in [0.25, 0.3) is 6.08 Å². The Labute approximate surface area is 69.6 Å². The predicted octanol–water partition coefficient (Wildman–Crippen LogP) is 2.14. The van der Waals surface area contributed by atoms with Crippen LogP contribution in [0.3, 0.4) is 0 Å². The molecule has 0 saturated heterocycles. The largest absolute Gasteiger partial charge is 0.298 e. The Balaban J connectivity index is 2.79. The van der Waals surface area contributed by atoms with E-state index in [4.69, 9.17) is 0 Å². The number of hydrogen-bond donors (Lipinski definition) is 0. The molecule has 0 spiro atoms. The molecule has 0 amide bonds. The van der Waals surface area contributed by atoms with Crippen molar-refractivity contribution in [2.45, 2.75) is 13.3 Å². The highest BCUT2D eigenvalue weighted by molar-refractivity contribution is 7.10. The number of aromatic nitrogens is 1. The van der Waals surface area contributed by atoms with Crippen LogP contribution in [0.4, 0.5) is 0 Å². The van der Waals surface area contributed by atoms with Gasteiger partial charge in [0, 0.05) is 11.1 Å². The maximum absolute atomic E-state index is 10.4. The second-order valence-electron chi connectivity index (χ2n) is 2.09. The van der Waals surface area contributed by atoms with Crippen molar-refractivity contribution in [1.29, 1.82) is 0 Å². The minimum absolute atomic E-state index is 0.779. The lowest BCUT2D eigenvalue weighted by Gasteiger charge is -1.89. The summed E-state index contributed by atoms with van der Waals surface area (Å²) in [7, 11) is 0. The van der Waals surface area contributed by atoms with Crippen molar-refractivity contribution in [3.63, 3.8) is 0 Å². The van der Waals surface area contributed by atoms with Gasteiger partial charge in [-0.3, -0.25) is 9.78 Å². The van der Waals surface area contributed by atoms with Crippen LogP contribution < -0.4 is 0 Å². The van der Waals surface area contributed by atoms with Crippen LogP contribution >= 0.6 is 11.3 Å². The first-order chi connectivity index (χ1) is 5.36. The van der Waals surface area contributed by atoms with Crippen LogP contribution in [0.5, 0.6) is 0 Å². The van der Waals surface area contributed by atoms with Gasteiger partial charge in [-0.25, -0.2) is 0 Å². The molecule has 0 atom stereocenters. The van der Waals surface area contributed by atoms with Gasteiger partial charge in [0.05, 0.1) is 5.51 Å². The summed E-state index contributed by atoms with van der Waals surface area (Å²) in [6.07, 6.45) is 5.29. The number of hydrogen-bond acceptors (Lipinski definition) is 3. The van der Waals surface area contributed by atoms with Crippen molar-refractivity contribution in [3.8, 4) is 0 Å². The molecular formula is C8H9NOS. The molecule has 58 valence electrons. The molecule has 0 bridgehead atoms. The summed E-state index contributed by atoms with van der Waals surface area (Å²) in [6, 6.07) is 0. The molecule has 1 aromatic heterocycles. The molecule has 1 rings (SSSR count). The Morgan fingerprint density at radius 2 is 2.64 bits per heavy atom. The Bertz CT molecular complexity index is 251. The van der Waals surface area contributed by atoms with E-state index < -0.39 is 0 Å². The smallest absolute Gasteiger partial charge is 0.146 e. The van der Waals surface area contributed by atoms with Crippen LogP contribution in [0.2, 0.25) is 0 Å². The van der Waals surface area contributed by atoms with Gasteiger partial charge < -0.3 is 0 Å². The second kappa shape index (κ2) is 4.03. The number of nitrogens with zero attached hydrogens (tertiary/aromatic N) is 1. The lowest BCUT2D eigenvalue weighted by atomic mass is 10.2. The standard InChI is InChI=1S/C8H9NOS/c1-2-7(5-10)3-8-4-9-6-11-8/h3-6H,2H2,1H3. The molecule has 0 aliphatic carbocycles. The van der Waals surface area contributed by atoms with Gasteiger partial charge in [0.2, 0.25) is 0 Å². The number of allylic oxidation sites excluding steroid dienone is 1. The van der Waals surface area contributed by atoms with Gasteiger partial charge >= 0.3 is 0 Å². The molecule has 1 aromatic rings. The molecule has 0 radical (unpaired) electrons. The third-order valence-electron chi connectivity index (χ3n) is 1.34. The van der Waals surface area contributed by atoms with Crippen molar-refractivity contribution >= 4 is 23.7 Å². The Morgan fingerprint density at radius 3 is 3.09 bits per heavy atom. The fourth-order valence-corrected chi connectivity index (χ4v) is 1.28. The summed E-state index contributed by atoms with van der Waals surface area (Å²) in [6.45, 7) is 1.96. The molecule has 0 aromatic carbocycles. The summed E-state index contributed by atoms with van der Waals surface area (Å²) in [4.78, 5) is 15.3. The van der Waals surface area contributed by atoms with Gasteiger partial charge in [-0.1, -0.05) is 6.92 Å². The van der Waals surface area contributed by atoms with Crippen LogP contribution in [0.1, 0.15) is 18.2 Å². The van der Waals surface area contributed by atoms with E-state index in [1.54, 1.807) is 11.7 Å². The lowest BCUT2D eigenvalue weighted by molar-refractivity contribution is -0.104. The monoisotopic (exact) mass is 167 g/mol. The average molecular weight is 167 g/mol. The molecule has 0 unspecified atom stereocenters. The highest BCUT2D eigenvalue weighted by Crippen LogP contribution is 2.11. The van der Waals surface area contributed by atoms with Gasteiger partial charge in [-0.2, -0.15) is 0 Å². The number of carbonyl (C=O) groups excluding carboxylic acids is 1. The quantitative estimate of drug-likeness (QED) is 0.510. The number of carbonyl (C=O) groups is 1. The van der Waals surface area contributed by atoms with Crippen molar-refractivity contribution < 1.29 is 4.79 Å². The number of aldehydes is 1. The van der Waals surface area contributed by atoms with Crippen LogP contribution in [-0.4, -0.2) is 11.3 Å². The zero-order valence-electron chi connectivity index (χ0n) is 6.28. The van der Waals surface area contributed by atoms with E-state index in [2.05, 4.69) is 4.98 Å². The maximum Gasteiger partial charge on any atom is 0.146 e. The van der Waals surface area contributed by atoms with E-state index >= 15 is 0 Å². The van der Waals surface area contributed by atoms with Crippen LogP contribution in [0.15, 0.2) is 17.3 Å². The van der Waals surface area contributed by atoms with Crippen molar-refractivity contribution in [3.05, 3.63) is 22.2 Å². The van der Waals surface area contributed by atoms with E-state index in [1.807, 2.05) is 13.0 Å². The molecule has 0 aliphatic heterocycles. The Hall–Kier alpha value is -0.960. The SMILES string of the molecule is CCC(C=O)=Cc1cncs1. The van der Waals surface area contributed by atoms with Crippen LogP contribution in [0, 0.1) is 0 Å². The molecule has 0 saturated carbocycles. The molecule has 0 N–H and O–H groups in total. The fourth-order valence-electron chi connectivity index (χ4n) is 0.699. The van der Waals surface area contributed by atoms with E-state index in [0.29, 0.717) is 0 Å². The van der Waals surface area contributed by atoms with Crippen molar-refractivity contribution in [2.24, 2.45) is 0 Å². The molecular weight excluding hydrogens is 158 g/mol. The first-order valence-electron chi connectivity index (χ1n) is 3.41. The summed E-state index contributed by atoms with van der Waals surface area (Å²) < 4.78 is 0. The summed E-state index contributed by atoms with van der Waals surface area (Å²) in [5.41, 5.74) is 2.57. The molecule has 1 heterocycles.